The van der Waals surface area contributed by atoms with Crippen LogP contribution in [0.1, 0.15) is 42.9 Å². The van der Waals surface area contributed by atoms with Gasteiger partial charge in [0.15, 0.2) is 0 Å². The van der Waals surface area contributed by atoms with Gasteiger partial charge >= 0.3 is 0 Å². The fourth-order valence-corrected chi connectivity index (χ4v) is 2.70. The molecule has 100 valence electrons. The highest BCUT2D eigenvalue weighted by atomic mass is 16.5. The third-order valence-corrected chi connectivity index (χ3v) is 3.64. The number of nitrogens with one attached hydrogen (secondary N) is 1. The minimum absolute atomic E-state index is 0.0462. The highest BCUT2D eigenvalue weighted by Crippen LogP contribution is 2.22. The molecule has 1 aliphatic rings. The molecule has 0 bridgehead atoms. The summed E-state index contributed by atoms with van der Waals surface area (Å²) < 4.78 is 5.15. The average molecular weight is 249 g/mol. The van der Waals surface area contributed by atoms with Gasteiger partial charge in [-0.1, -0.05) is 37.1 Å². The second-order valence-electron chi connectivity index (χ2n) is 5.06. The first-order valence-electron chi connectivity index (χ1n) is 6.78. The minimum atomic E-state index is 0.0462. The Labute approximate surface area is 109 Å². The Bertz CT molecular complexity index is 361. The van der Waals surface area contributed by atoms with Gasteiger partial charge in [0.1, 0.15) is 0 Å². The number of methoxy groups -OCH3 is 1. The third-order valence-electron chi connectivity index (χ3n) is 3.64. The molecule has 1 aromatic rings. The molecule has 1 aromatic carbocycles. The van der Waals surface area contributed by atoms with Crippen LogP contribution in [0, 0.1) is 0 Å². The number of hydrogen-bond acceptors (Lipinski definition) is 3. The van der Waals surface area contributed by atoms with Crippen LogP contribution in [0.4, 0.5) is 0 Å². The van der Waals surface area contributed by atoms with Gasteiger partial charge in [0.25, 0.3) is 0 Å². The maximum Gasteiger partial charge on any atom is 0.0713 e. The Morgan fingerprint density at radius 1 is 1.39 bits per heavy atom. The van der Waals surface area contributed by atoms with Crippen molar-refractivity contribution >= 4 is 0 Å². The normalized spacial score (nSPS) is 18.1. The lowest BCUT2D eigenvalue weighted by Gasteiger charge is -2.22. The van der Waals surface area contributed by atoms with E-state index in [-0.39, 0.29) is 12.6 Å². The molecule has 0 aromatic heterocycles. The Balaban J connectivity index is 2.03. The number of ether oxygens (including phenoxy) is 1. The minimum Gasteiger partial charge on any atom is -0.394 e. The summed E-state index contributed by atoms with van der Waals surface area (Å²) in [4.78, 5) is 0. The lowest BCUT2D eigenvalue weighted by Crippen LogP contribution is -2.32. The second-order valence-corrected chi connectivity index (χ2v) is 5.06. The fraction of sp³-hybridized carbons (Fsp3) is 0.600. The molecule has 1 fully saturated rings. The lowest BCUT2D eigenvalue weighted by atomic mass is 10.0. The molecule has 0 saturated heterocycles. The SMILES string of the molecule is COCc1cccc(C(CO)NC2CCCC2)c1. The summed E-state index contributed by atoms with van der Waals surface area (Å²) in [5.41, 5.74) is 2.31. The summed E-state index contributed by atoms with van der Waals surface area (Å²) in [5.74, 6) is 0. The van der Waals surface area contributed by atoms with E-state index in [0.29, 0.717) is 12.6 Å². The van der Waals surface area contributed by atoms with Crippen molar-refractivity contribution in [3.63, 3.8) is 0 Å². The summed E-state index contributed by atoms with van der Waals surface area (Å²) in [5, 5.41) is 13.1. The summed E-state index contributed by atoms with van der Waals surface area (Å²) in [7, 11) is 1.70. The van der Waals surface area contributed by atoms with Gasteiger partial charge in [-0.3, -0.25) is 0 Å². The molecular formula is C15H23NO2. The maximum absolute atomic E-state index is 9.57. The van der Waals surface area contributed by atoms with E-state index in [9.17, 15) is 5.11 Å². The molecule has 3 heteroatoms. The first-order valence-corrected chi connectivity index (χ1v) is 6.78. The maximum atomic E-state index is 9.57. The highest BCUT2D eigenvalue weighted by Gasteiger charge is 2.19. The van der Waals surface area contributed by atoms with E-state index in [1.807, 2.05) is 6.07 Å². The predicted molar refractivity (Wildman–Crippen MR) is 72.4 cm³/mol. The molecule has 0 amide bonds. The Kier molecular flexibility index (Phi) is 5.17. The van der Waals surface area contributed by atoms with Crippen LogP contribution in [-0.2, 0) is 11.3 Å². The van der Waals surface area contributed by atoms with Crippen LogP contribution in [0.5, 0.6) is 0 Å². The number of aliphatic hydroxyl groups is 1. The van der Waals surface area contributed by atoms with E-state index in [2.05, 4.69) is 23.5 Å². The van der Waals surface area contributed by atoms with Crippen molar-refractivity contribution in [2.75, 3.05) is 13.7 Å². The summed E-state index contributed by atoms with van der Waals surface area (Å²) >= 11 is 0. The first-order chi connectivity index (χ1) is 8.83. The number of benzene rings is 1. The van der Waals surface area contributed by atoms with Crippen LogP contribution in [0.15, 0.2) is 24.3 Å². The predicted octanol–water partition coefficient (Wildman–Crippen LogP) is 2.40. The standard InChI is InChI=1S/C15H23NO2/c1-18-11-12-5-4-6-13(9-12)15(10-17)16-14-7-2-3-8-14/h4-6,9,14-17H,2-3,7-8,10-11H2,1H3. The Morgan fingerprint density at radius 2 is 2.17 bits per heavy atom. The van der Waals surface area contributed by atoms with Crippen LogP contribution in [0.25, 0.3) is 0 Å². The Hall–Kier alpha value is -0.900. The van der Waals surface area contributed by atoms with E-state index >= 15 is 0 Å². The Morgan fingerprint density at radius 3 is 2.83 bits per heavy atom. The van der Waals surface area contributed by atoms with Crippen LogP contribution in [0.2, 0.25) is 0 Å². The van der Waals surface area contributed by atoms with Gasteiger partial charge in [0.05, 0.1) is 19.3 Å². The van der Waals surface area contributed by atoms with E-state index < -0.39 is 0 Å². The van der Waals surface area contributed by atoms with Crippen molar-refractivity contribution in [1.29, 1.82) is 0 Å². The molecule has 0 aliphatic heterocycles. The largest absolute Gasteiger partial charge is 0.394 e. The lowest BCUT2D eigenvalue weighted by molar-refractivity contribution is 0.184. The smallest absolute Gasteiger partial charge is 0.0713 e. The second kappa shape index (κ2) is 6.88. The van der Waals surface area contributed by atoms with Crippen molar-refractivity contribution < 1.29 is 9.84 Å². The van der Waals surface area contributed by atoms with Gasteiger partial charge in [-0.05, 0) is 24.0 Å². The third kappa shape index (κ3) is 3.55. The summed E-state index contributed by atoms with van der Waals surface area (Å²) in [6, 6.07) is 8.88. The zero-order valence-electron chi connectivity index (χ0n) is 11.1. The first kappa shape index (κ1) is 13.5. The quantitative estimate of drug-likeness (QED) is 0.813. The fourth-order valence-electron chi connectivity index (χ4n) is 2.70. The molecule has 2 N–H and O–H groups in total. The molecule has 1 atom stereocenters. The monoisotopic (exact) mass is 249 g/mol. The van der Waals surface area contributed by atoms with Crippen molar-refractivity contribution in [2.45, 2.75) is 44.4 Å². The van der Waals surface area contributed by atoms with Crippen molar-refractivity contribution in [3.05, 3.63) is 35.4 Å². The number of hydrogen-bond donors (Lipinski definition) is 2. The van der Waals surface area contributed by atoms with Crippen LogP contribution >= 0.6 is 0 Å². The molecule has 0 spiro atoms. The van der Waals surface area contributed by atoms with Crippen molar-refractivity contribution in [3.8, 4) is 0 Å². The molecule has 2 rings (SSSR count). The van der Waals surface area contributed by atoms with E-state index in [0.717, 1.165) is 11.1 Å². The zero-order valence-corrected chi connectivity index (χ0v) is 11.1. The van der Waals surface area contributed by atoms with E-state index in [1.54, 1.807) is 7.11 Å². The molecule has 0 heterocycles. The van der Waals surface area contributed by atoms with Crippen LogP contribution in [-0.4, -0.2) is 24.9 Å². The van der Waals surface area contributed by atoms with Gasteiger partial charge in [0.2, 0.25) is 0 Å². The van der Waals surface area contributed by atoms with Gasteiger partial charge in [0, 0.05) is 13.2 Å². The van der Waals surface area contributed by atoms with Crippen LogP contribution in [0.3, 0.4) is 0 Å². The molecule has 0 radical (unpaired) electrons. The molecule has 1 unspecified atom stereocenters. The number of rotatable bonds is 6. The molecular weight excluding hydrogens is 226 g/mol. The van der Waals surface area contributed by atoms with Crippen molar-refractivity contribution in [1.82, 2.24) is 5.32 Å². The van der Waals surface area contributed by atoms with Gasteiger partial charge in [-0.15, -0.1) is 0 Å². The molecule has 18 heavy (non-hydrogen) atoms. The molecule has 3 nitrogen and oxygen atoms in total. The summed E-state index contributed by atoms with van der Waals surface area (Å²) in [6.07, 6.45) is 5.07. The zero-order chi connectivity index (χ0) is 12.8. The van der Waals surface area contributed by atoms with Crippen molar-refractivity contribution in [2.24, 2.45) is 0 Å². The van der Waals surface area contributed by atoms with Crippen LogP contribution < -0.4 is 5.32 Å². The van der Waals surface area contributed by atoms with E-state index in [4.69, 9.17) is 4.74 Å². The van der Waals surface area contributed by atoms with Gasteiger partial charge in [-0.25, -0.2) is 0 Å². The van der Waals surface area contributed by atoms with Gasteiger partial charge < -0.3 is 15.2 Å². The number of aliphatic hydroxyl groups excluding tert-OH is 1. The van der Waals surface area contributed by atoms with Gasteiger partial charge in [-0.2, -0.15) is 0 Å². The average Bonchev–Trinajstić information content (AvgIpc) is 2.89. The summed E-state index contributed by atoms with van der Waals surface area (Å²) in [6.45, 7) is 0.766. The van der Waals surface area contributed by atoms with E-state index in [1.165, 1.54) is 25.7 Å². The molecule has 1 saturated carbocycles. The molecule has 1 aliphatic carbocycles. The highest BCUT2D eigenvalue weighted by molar-refractivity contribution is 5.26. The topological polar surface area (TPSA) is 41.5 Å².